The number of hydrogen-bond donors (Lipinski definition) is 4. The molecule has 4 N–H and O–H groups in total. The smallest absolute Gasteiger partial charge is 0.328 e. The zero-order valence-corrected chi connectivity index (χ0v) is 11.9. The quantitative estimate of drug-likeness (QED) is 0.592. The number of rotatable bonds is 4. The zero-order valence-electron chi connectivity index (χ0n) is 8.98. The van der Waals surface area contributed by atoms with Crippen LogP contribution < -0.4 is 10.6 Å². The first kappa shape index (κ1) is 15.0. The number of carbonyl (C=O) groups is 2. The lowest BCUT2D eigenvalue weighted by molar-refractivity contribution is -0.140. The normalized spacial score (nSPS) is 11.7. The van der Waals surface area contributed by atoms with Crippen molar-refractivity contribution >= 4 is 51.9 Å². The monoisotopic (exact) mass is 384 g/mol. The number of amides is 2. The topological polar surface area (TPSA) is 98.7 Å². The van der Waals surface area contributed by atoms with Crippen molar-refractivity contribution in [2.45, 2.75) is 6.04 Å². The molecule has 0 aromatic heterocycles. The fourth-order valence-electron chi connectivity index (χ4n) is 1.09. The van der Waals surface area contributed by atoms with Crippen LogP contribution in [0.4, 0.5) is 10.5 Å². The lowest BCUT2D eigenvalue weighted by Crippen LogP contribution is -2.45. The Bertz CT molecular complexity index is 469. The maximum Gasteiger partial charge on any atom is 0.328 e. The molecule has 0 radical (unpaired) electrons. The second kappa shape index (κ2) is 6.76. The molecule has 0 saturated carbocycles. The number of carboxylic acids is 1. The fraction of sp³-hybridized carbons (Fsp3) is 0.200. The van der Waals surface area contributed by atoms with Crippen LogP contribution in [0.3, 0.4) is 0 Å². The van der Waals surface area contributed by atoms with Crippen molar-refractivity contribution in [1.29, 1.82) is 0 Å². The lowest BCUT2D eigenvalue weighted by Gasteiger charge is -2.13. The summed E-state index contributed by atoms with van der Waals surface area (Å²) in [4.78, 5) is 22.1. The molecule has 0 spiro atoms. The van der Waals surface area contributed by atoms with E-state index in [2.05, 4.69) is 10.6 Å². The van der Waals surface area contributed by atoms with Gasteiger partial charge >= 0.3 is 12.0 Å². The zero-order chi connectivity index (χ0) is 13.7. The number of aliphatic carboxylic acids is 1. The Kier molecular flexibility index (Phi) is 5.63. The summed E-state index contributed by atoms with van der Waals surface area (Å²) in [5, 5.41) is 22.5. The van der Waals surface area contributed by atoms with Gasteiger partial charge in [0.1, 0.15) is 0 Å². The Morgan fingerprint density at radius 3 is 2.61 bits per heavy atom. The minimum absolute atomic E-state index is 0.500. The number of nitrogens with one attached hydrogen (secondary N) is 2. The van der Waals surface area contributed by atoms with Crippen LogP contribution in [0.5, 0.6) is 0 Å². The van der Waals surface area contributed by atoms with Crippen LogP contribution in [-0.4, -0.2) is 34.9 Å². The molecule has 1 aromatic rings. The molecule has 6 nitrogen and oxygen atoms in total. The Hall–Kier alpha value is -1.06. The molecule has 0 saturated heterocycles. The summed E-state index contributed by atoms with van der Waals surface area (Å²) in [6.07, 6.45) is 0. The number of aliphatic hydroxyl groups is 1. The highest BCUT2D eigenvalue weighted by Gasteiger charge is 2.18. The van der Waals surface area contributed by atoms with E-state index in [4.69, 9.17) is 21.8 Å². The minimum atomic E-state index is -1.34. The van der Waals surface area contributed by atoms with Crippen LogP contribution in [0.2, 0.25) is 5.02 Å². The molecule has 0 aliphatic heterocycles. The Labute approximate surface area is 121 Å². The SMILES string of the molecule is O=C(Nc1ccc(Cl)cc1I)N[C@@H](CO)C(=O)O. The molecule has 18 heavy (non-hydrogen) atoms. The number of halogens is 2. The van der Waals surface area contributed by atoms with Crippen molar-refractivity contribution < 1.29 is 19.8 Å². The van der Waals surface area contributed by atoms with Crippen LogP contribution >= 0.6 is 34.2 Å². The van der Waals surface area contributed by atoms with Crippen LogP contribution in [0.1, 0.15) is 0 Å². The molecule has 1 atom stereocenters. The molecule has 0 aliphatic rings. The maximum absolute atomic E-state index is 11.5. The van der Waals surface area contributed by atoms with Crippen molar-refractivity contribution in [2.24, 2.45) is 0 Å². The van der Waals surface area contributed by atoms with E-state index in [0.29, 0.717) is 14.3 Å². The number of hydrogen-bond acceptors (Lipinski definition) is 3. The number of aliphatic hydroxyl groups excluding tert-OH is 1. The van der Waals surface area contributed by atoms with E-state index in [9.17, 15) is 9.59 Å². The molecule has 1 rings (SSSR count). The first-order valence-electron chi connectivity index (χ1n) is 4.80. The number of urea groups is 1. The van der Waals surface area contributed by atoms with Gasteiger partial charge < -0.3 is 20.8 Å². The van der Waals surface area contributed by atoms with Gasteiger partial charge in [-0.25, -0.2) is 9.59 Å². The molecule has 0 fully saturated rings. The largest absolute Gasteiger partial charge is 0.480 e. The maximum atomic E-state index is 11.5. The standard InChI is InChI=1S/C10H10ClIN2O4/c11-5-1-2-7(6(12)3-5)13-10(18)14-8(4-15)9(16)17/h1-3,8,15H,4H2,(H,16,17)(H2,13,14,18)/t8-/m0/s1. The van der Waals surface area contributed by atoms with Gasteiger partial charge in [-0.15, -0.1) is 0 Å². The number of benzene rings is 1. The second-order valence-corrected chi connectivity index (χ2v) is 4.89. The molecular weight excluding hydrogens is 374 g/mol. The van der Waals surface area contributed by atoms with Crippen molar-refractivity contribution in [3.63, 3.8) is 0 Å². The van der Waals surface area contributed by atoms with Gasteiger partial charge in [-0.05, 0) is 40.8 Å². The van der Waals surface area contributed by atoms with E-state index in [0.717, 1.165) is 0 Å². The van der Waals surface area contributed by atoms with Gasteiger partial charge in [0.25, 0.3) is 0 Å². The molecular formula is C10H10ClIN2O4. The van der Waals surface area contributed by atoms with E-state index in [1.165, 1.54) is 0 Å². The molecule has 0 bridgehead atoms. The number of carbonyl (C=O) groups excluding carboxylic acids is 1. The average Bonchev–Trinajstić information content (AvgIpc) is 2.29. The van der Waals surface area contributed by atoms with E-state index < -0.39 is 24.6 Å². The lowest BCUT2D eigenvalue weighted by atomic mass is 10.3. The van der Waals surface area contributed by atoms with Gasteiger partial charge in [-0.2, -0.15) is 0 Å². The molecule has 0 aliphatic carbocycles. The number of anilines is 1. The summed E-state index contributed by atoms with van der Waals surface area (Å²) in [6, 6.07) is 2.79. The highest BCUT2D eigenvalue weighted by Crippen LogP contribution is 2.22. The van der Waals surface area contributed by atoms with E-state index in [1.807, 2.05) is 22.6 Å². The molecule has 2 amide bonds. The van der Waals surface area contributed by atoms with Crippen molar-refractivity contribution in [2.75, 3.05) is 11.9 Å². The van der Waals surface area contributed by atoms with Gasteiger partial charge in [0.15, 0.2) is 6.04 Å². The Balaban J connectivity index is 2.67. The van der Waals surface area contributed by atoms with Gasteiger partial charge in [0.2, 0.25) is 0 Å². The Morgan fingerprint density at radius 1 is 1.44 bits per heavy atom. The van der Waals surface area contributed by atoms with Gasteiger partial charge in [-0.3, -0.25) is 0 Å². The molecule has 1 aromatic carbocycles. The third kappa shape index (κ3) is 4.31. The Morgan fingerprint density at radius 2 is 2.11 bits per heavy atom. The molecule has 0 heterocycles. The first-order chi connectivity index (χ1) is 8.43. The number of carboxylic acid groups (broad SMARTS) is 1. The summed E-state index contributed by atoms with van der Waals surface area (Å²) in [5.74, 6) is -1.31. The third-order valence-electron chi connectivity index (χ3n) is 1.97. The minimum Gasteiger partial charge on any atom is -0.480 e. The predicted octanol–water partition coefficient (Wildman–Crippen LogP) is 1.51. The summed E-state index contributed by atoms with van der Waals surface area (Å²) in [6.45, 7) is -0.680. The van der Waals surface area contributed by atoms with Crippen LogP contribution in [0.25, 0.3) is 0 Å². The van der Waals surface area contributed by atoms with Crippen molar-refractivity contribution in [3.05, 3.63) is 26.8 Å². The van der Waals surface area contributed by atoms with Crippen LogP contribution in [0.15, 0.2) is 18.2 Å². The third-order valence-corrected chi connectivity index (χ3v) is 3.09. The van der Waals surface area contributed by atoms with Crippen LogP contribution in [0, 0.1) is 3.57 Å². The van der Waals surface area contributed by atoms with Crippen LogP contribution in [-0.2, 0) is 4.79 Å². The molecule has 0 unspecified atom stereocenters. The summed E-state index contributed by atoms with van der Waals surface area (Å²) in [5.41, 5.74) is 0.500. The van der Waals surface area contributed by atoms with Crippen molar-refractivity contribution in [1.82, 2.24) is 5.32 Å². The van der Waals surface area contributed by atoms with E-state index in [-0.39, 0.29) is 0 Å². The van der Waals surface area contributed by atoms with Gasteiger partial charge in [-0.1, -0.05) is 11.6 Å². The highest BCUT2D eigenvalue weighted by molar-refractivity contribution is 14.1. The van der Waals surface area contributed by atoms with Gasteiger partial charge in [0.05, 0.1) is 12.3 Å². The van der Waals surface area contributed by atoms with Gasteiger partial charge in [0, 0.05) is 8.59 Å². The summed E-state index contributed by atoms with van der Waals surface area (Å²) < 4.78 is 0.714. The molecule has 8 heteroatoms. The second-order valence-electron chi connectivity index (χ2n) is 3.30. The highest BCUT2D eigenvalue weighted by atomic mass is 127. The van der Waals surface area contributed by atoms with E-state index >= 15 is 0 Å². The average molecular weight is 385 g/mol. The predicted molar refractivity (Wildman–Crippen MR) is 74.8 cm³/mol. The first-order valence-corrected chi connectivity index (χ1v) is 6.26. The van der Waals surface area contributed by atoms with E-state index in [1.54, 1.807) is 18.2 Å². The molecule has 98 valence electrons. The summed E-state index contributed by atoms with van der Waals surface area (Å²) in [7, 11) is 0. The van der Waals surface area contributed by atoms with Crippen molar-refractivity contribution in [3.8, 4) is 0 Å². The fourth-order valence-corrected chi connectivity index (χ4v) is 2.10. The summed E-state index contributed by atoms with van der Waals surface area (Å²) >= 11 is 7.74.